The Labute approximate surface area is 200 Å². The van der Waals surface area contributed by atoms with Gasteiger partial charge in [-0.1, -0.05) is 23.1 Å². The lowest BCUT2D eigenvalue weighted by Crippen LogP contribution is -2.70. The van der Waals surface area contributed by atoms with Gasteiger partial charge in [-0.15, -0.1) is 22.0 Å². The first-order valence-corrected chi connectivity index (χ1v) is 14.0. The number of fused-ring (bicyclic) bond motifs is 1. The molecule has 2 aliphatic rings. The maximum Gasteiger partial charge on any atom is 0.442 e. The number of halogens is 3. The predicted molar refractivity (Wildman–Crippen MR) is 114 cm³/mol. The highest BCUT2D eigenvalue weighted by Gasteiger charge is 2.54. The highest BCUT2D eigenvalue weighted by molar-refractivity contribution is 8.02. The van der Waals surface area contributed by atoms with Gasteiger partial charge in [0.15, 0.2) is 4.34 Å². The molecule has 1 unspecified atom stereocenters. The first-order chi connectivity index (χ1) is 15.2. The quantitative estimate of drug-likeness (QED) is 0.221. The average Bonchev–Trinajstić information content (AvgIpc) is 3.12. The van der Waals surface area contributed by atoms with Crippen LogP contribution < -0.4 is 5.32 Å². The Morgan fingerprint density at radius 2 is 2.00 bits per heavy atom. The Bertz CT molecular complexity index is 1110. The summed E-state index contributed by atoms with van der Waals surface area (Å²) < 4.78 is 67.7. The number of carbonyl (C=O) groups excluding carboxylic acids is 2. The zero-order valence-electron chi connectivity index (χ0n) is 15.9. The summed E-state index contributed by atoms with van der Waals surface area (Å²) in [5.74, 6) is -4.49. The Morgan fingerprint density at radius 1 is 1.30 bits per heavy atom. The van der Waals surface area contributed by atoms with Gasteiger partial charge in [-0.3, -0.25) is 19.0 Å². The first kappa shape index (κ1) is 26.1. The summed E-state index contributed by atoms with van der Waals surface area (Å²) in [5, 5.41) is 18.5. The number of aliphatic carboxylic acids is 1. The van der Waals surface area contributed by atoms with E-state index in [9.17, 15) is 41.1 Å². The smallest absolute Gasteiger partial charge is 0.442 e. The molecule has 3 N–H and O–H groups in total. The second-order valence-corrected chi connectivity index (χ2v) is 12.3. The Kier molecular flexibility index (Phi) is 7.89. The molecule has 1 saturated heterocycles. The van der Waals surface area contributed by atoms with E-state index in [1.165, 1.54) is 0 Å². The maximum absolute atomic E-state index is 12.5. The van der Waals surface area contributed by atoms with Crippen molar-refractivity contribution in [2.45, 2.75) is 27.0 Å². The van der Waals surface area contributed by atoms with Gasteiger partial charge in [0.1, 0.15) is 27.9 Å². The minimum Gasteiger partial charge on any atom is -0.477 e. The highest BCUT2D eigenvalue weighted by Crippen LogP contribution is 2.42. The van der Waals surface area contributed by atoms with Gasteiger partial charge in [0.25, 0.3) is 16.0 Å². The number of amides is 2. The van der Waals surface area contributed by atoms with Gasteiger partial charge in [-0.2, -0.15) is 21.6 Å². The number of rotatable bonds is 9. The molecule has 0 aliphatic carbocycles. The maximum atomic E-state index is 12.5. The molecule has 0 spiro atoms. The standard InChI is InChI=1S/C14H13F3N4O7S5/c15-14(16,17)31-3-6(22)18-8-10(23)21-9(12(24)25)5(1-29-11(8)21)2-30-13-20-19-7(32-13)4-33(26,27)28/h8,11H,1-4H2,(H,18,22)(H,24,25)(H,26,27,28)/t8?,11-/m0/s1. The van der Waals surface area contributed by atoms with E-state index in [1.54, 1.807) is 0 Å². The fraction of sp³-hybridized carbons (Fsp3) is 0.500. The average molecular weight is 567 g/mol. The van der Waals surface area contributed by atoms with Gasteiger partial charge in [-0.05, 0) is 17.3 Å². The molecular formula is C14H13F3N4O7S5. The van der Waals surface area contributed by atoms with Crippen LogP contribution in [0.2, 0.25) is 0 Å². The van der Waals surface area contributed by atoms with Crippen molar-refractivity contribution in [3.05, 3.63) is 16.3 Å². The summed E-state index contributed by atoms with van der Waals surface area (Å²) in [6.45, 7) is 0. The normalized spacial score (nSPS) is 21.0. The third-order valence-electron chi connectivity index (χ3n) is 4.06. The number of alkyl halides is 3. The van der Waals surface area contributed by atoms with Crippen LogP contribution in [0.4, 0.5) is 13.2 Å². The van der Waals surface area contributed by atoms with Crippen LogP contribution in [-0.2, 0) is 30.3 Å². The second kappa shape index (κ2) is 9.98. The van der Waals surface area contributed by atoms with Crippen LogP contribution in [-0.4, -0.2) is 85.1 Å². The van der Waals surface area contributed by atoms with E-state index < -0.39 is 68.1 Å². The van der Waals surface area contributed by atoms with Crippen LogP contribution in [0.1, 0.15) is 5.01 Å². The third-order valence-corrected chi connectivity index (χ3v) is 9.09. The van der Waals surface area contributed by atoms with Gasteiger partial charge < -0.3 is 10.4 Å². The molecule has 2 atom stereocenters. The Hall–Kier alpha value is -1.54. The molecule has 2 amide bonds. The van der Waals surface area contributed by atoms with Crippen molar-refractivity contribution in [3.63, 3.8) is 0 Å². The number of carboxylic acid groups (broad SMARTS) is 1. The van der Waals surface area contributed by atoms with Crippen LogP contribution in [0.3, 0.4) is 0 Å². The number of hydrogen-bond acceptors (Lipinski definition) is 11. The van der Waals surface area contributed by atoms with E-state index in [0.29, 0.717) is 9.91 Å². The van der Waals surface area contributed by atoms with Gasteiger partial charge in [-0.25, -0.2) is 4.79 Å². The summed E-state index contributed by atoms with van der Waals surface area (Å²) in [4.78, 5) is 37.0. The molecule has 3 rings (SSSR count). The third kappa shape index (κ3) is 6.75. The van der Waals surface area contributed by atoms with Crippen LogP contribution in [0.15, 0.2) is 15.6 Å². The number of hydrogen-bond donors (Lipinski definition) is 3. The van der Waals surface area contributed by atoms with Crippen molar-refractivity contribution in [3.8, 4) is 0 Å². The number of carbonyl (C=O) groups is 3. The van der Waals surface area contributed by atoms with Gasteiger partial charge in [0, 0.05) is 11.5 Å². The number of nitrogens with zero attached hydrogens (tertiary/aromatic N) is 3. The molecule has 1 fully saturated rings. The van der Waals surface area contributed by atoms with Crippen LogP contribution >= 0.6 is 46.6 Å². The summed E-state index contributed by atoms with van der Waals surface area (Å²) in [7, 11) is -4.28. The number of carboxylic acids is 1. The molecule has 11 nitrogen and oxygen atoms in total. The van der Waals surface area contributed by atoms with Crippen molar-refractivity contribution < 1.29 is 45.6 Å². The van der Waals surface area contributed by atoms with E-state index in [1.807, 2.05) is 0 Å². The fourth-order valence-electron chi connectivity index (χ4n) is 2.82. The summed E-state index contributed by atoms with van der Waals surface area (Å²) >= 11 is 2.57. The zero-order valence-corrected chi connectivity index (χ0v) is 20.0. The fourth-order valence-corrected chi connectivity index (χ4v) is 7.42. The van der Waals surface area contributed by atoms with E-state index >= 15 is 0 Å². The van der Waals surface area contributed by atoms with E-state index in [-0.39, 0.29) is 22.2 Å². The van der Waals surface area contributed by atoms with Gasteiger partial charge >= 0.3 is 11.5 Å². The molecule has 2 aliphatic heterocycles. The molecule has 1 aromatic heterocycles. The lowest BCUT2D eigenvalue weighted by Gasteiger charge is -2.49. The molecule has 182 valence electrons. The largest absolute Gasteiger partial charge is 0.477 e. The lowest BCUT2D eigenvalue weighted by molar-refractivity contribution is -0.150. The molecule has 0 bridgehead atoms. The summed E-state index contributed by atoms with van der Waals surface area (Å²) in [6, 6.07) is -1.13. The molecule has 33 heavy (non-hydrogen) atoms. The number of aromatic nitrogens is 2. The minimum absolute atomic E-state index is 0.0470. The van der Waals surface area contributed by atoms with E-state index in [0.717, 1.165) is 39.8 Å². The SMILES string of the molecule is O=C(CSC(F)(F)F)NC1C(=O)N2C(C(=O)O)=C(CSc3nnc(CS(=O)(=O)O)s3)CS[C@@H]12. The molecule has 3 heterocycles. The number of nitrogens with one attached hydrogen (secondary N) is 1. The lowest BCUT2D eigenvalue weighted by atomic mass is 10.0. The van der Waals surface area contributed by atoms with Crippen LogP contribution in [0, 0.1) is 0 Å². The van der Waals surface area contributed by atoms with Crippen LogP contribution in [0.5, 0.6) is 0 Å². The molecule has 1 aromatic rings. The molecular weight excluding hydrogens is 554 g/mol. The van der Waals surface area contributed by atoms with Crippen LogP contribution in [0.25, 0.3) is 0 Å². The highest BCUT2D eigenvalue weighted by atomic mass is 32.2. The van der Waals surface area contributed by atoms with Crippen molar-refractivity contribution in [1.29, 1.82) is 0 Å². The minimum atomic E-state index is -4.60. The van der Waals surface area contributed by atoms with E-state index in [4.69, 9.17) is 4.55 Å². The molecule has 19 heteroatoms. The van der Waals surface area contributed by atoms with Gasteiger partial charge in [0.05, 0.1) is 5.75 Å². The number of thioether (sulfide) groups is 3. The van der Waals surface area contributed by atoms with E-state index in [2.05, 4.69) is 15.5 Å². The summed E-state index contributed by atoms with van der Waals surface area (Å²) in [6.07, 6.45) is 0. The van der Waals surface area contributed by atoms with Crippen molar-refractivity contribution in [2.24, 2.45) is 0 Å². The predicted octanol–water partition coefficient (Wildman–Crippen LogP) is 1.01. The topological polar surface area (TPSA) is 167 Å². The Balaban J connectivity index is 1.65. The van der Waals surface area contributed by atoms with Crippen molar-refractivity contribution in [2.75, 3.05) is 17.3 Å². The second-order valence-electron chi connectivity index (χ2n) is 6.42. The molecule has 0 saturated carbocycles. The van der Waals surface area contributed by atoms with Gasteiger partial charge in [0.2, 0.25) is 5.91 Å². The zero-order chi connectivity index (χ0) is 24.6. The number of β-lactam (4-membered cyclic amide) rings is 1. The monoisotopic (exact) mass is 566 g/mol. The first-order valence-electron chi connectivity index (χ1n) is 8.55. The summed E-state index contributed by atoms with van der Waals surface area (Å²) in [5.41, 5.74) is -4.52. The van der Waals surface area contributed by atoms with Crippen molar-refractivity contribution >= 4 is 74.5 Å². The molecule has 0 aromatic carbocycles. The Morgan fingerprint density at radius 3 is 2.61 bits per heavy atom. The van der Waals surface area contributed by atoms with Crippen molar-refractivity contribution in [1.82, 2.24) is 20.4 Å². The molecule has 0 radical (unpaired) electrons.